The third-order valence-corrected chi connectivity index (χ3v) is 3.40. The summed E-state index contributed by atoms with van der Waals surface area (Å²) in [5, 5.41) is 2.59. The number of imide groups is 1. The van der Waals surface area contributed by atoms with E-state index in [1.807, 2.05) is 0 Å². The van der Waals surface area contributed by atoms with Gasteiger partial charge in [0.05, 0.1) is 11.3 Å². The lowest BCUT2D eigenvalue weighted by Gasteiger charge is -2.20. The number of pyridine rings is 1. The number of ether oxygens (including phenoxy) is 1. The highest BCUT2D eigenvalue weighted by Crippen LogP contribution is 2.28. The molecule has 0 saturated heterocycles. The van der Waals surface area contributed by atoms with E-state index in [2.05, 4.69) is 10.3 Å². The number of fused-ring (bicyclic) bond motifs is 1. The van der Waals surface area contributed by atoms with Crippen molar-refractivity contribution >= 4 is 29.3 Å². The number of nitrogens with one attached hydrogen (secondary N) is 1. The van der Waals surface area contributed by atoms with Crippen molar-refractivity contribution in [2.24, 2.45) is 0 Å². The van der Waals surface area contributed by atoms with Gasteiger partial charge in [0.2, 0.25) is 0 Å². The molecule has 0 spiro atoms. The lowest BCUT2D eigenvalue weighted by molar-refractivity contribution is 0.0635. The summed E-state index contributed by atoms with van der Waals surface area (Å²) in [5.41, 5.74) is 0.518. The molecule has 0 saturated carbocycles. The molecule has 3 amide bonds. The van der Waals surface area contributed by atoms with Crippen LogP contribution in [0.15, 0.2) is 42.6 Å². The summed E-state index contributed by atoms with van der Waals surface area (Å²) in [5.74, 6) is -0.933. The van der Waals surface area contributed by atoms with E-state index in [4.69, 9.17) is 4.74 Å². The van der Waals surface area contributed by atoms with Crippen LogP contribution >= 0.6 is 0 Å². The molecule has 3 rings (SSSR count). The van der Waals surface area contributed by atoms with Gasteiger partial charge in [-0.1, -0.05) is 6.07 Å². The van der Waals surface area contributed by atoms with Crippen molar-refractivity contribution in [3.63, 3.8) is 0 Å². The monoisotopic (exact) mass is 339 g/mol. The Morgan fingerprint density at radius 3 is 2.56 bits per heavy atom. The standard InChI is InChI=1S/C18H17N3O4/c1-18(2,3)25-17(24)20-11-6-4-7-12(10-11)21-15(22)13-8-5-9-19-14(13)16(21)23/h4-10H,1-3H3,(H,20,24). The Balaban J connectivity index is 1.85. The van der Waals surface area contributed by atoms with Gasteiger partial charge < -0.3 is 4.74 Å². The van der Waals surface area contributed by atoms with Gasteiger partial charge in [-0.15, -0.1) is 0 Å². The summed E-state index contributed by atoms with van der Waals surface area (Å²) in [6, 6.07) is 9.59. The fraction of sp³-hybridized carbons (Fsp3) is 0.222. The van der Waals surface area contributed by atoms with Crippen LogP contribution in [-0.4, -0.2) is 28.5 Å². The molecule has 1 N–H and O–H groups in total. The summed E-state index contributed by atoms with van der Waals surface area (Å²) in [7, 11) is 0. The fourth-order valence-electron chi connectivity index (χ4n) is 2.45. The highest BCUT2D eigenvalue weighted by atomic mass is 16.6. The van der Waals surface area contributed by atoms with Gasteiger partial charge in [-0.2, -0.15) is 0 Å². The number of rotatable bonds is 2. The molecule has 128 valence electrons. The average Bonchev–Trinajstić information content (AvgIpc) is 2.78. The van der Waals surface area contributed by atoms with Crippen LogP contribution in [0.4, 0.5) is 16.2 Å². The van der Waals surface area contributed by atoms with Crippen LogP contribution in [0.2, 0.25) is 0 Å². The van der Waals surface area contributed by atoms with E-state index in [-0.39, 0.29) is 11.3 Å². The first-order chi connectivity index (χ1) is 11.8. The number of anilines is 2. The van der Waals surface area contributed by atoms with Gasteiger partial charge in [-0.05, 0) is 51.1 Å². The minimum Gasteiger partial charge on any atom is -0.444 e. The summed E-state index contributed by atoms with van der Waals surface area (Å²) in [6.45, 7) is 5.28. The number of amides is 3. The summed E-state index contributed by atoms with van der Waals surface area (Å²) >= 11 is 0. The van der Waals surface area contributed by atoms with Gasteiger partial charge in [0.1, 0.15) is 11.3 Å². The van der Waals surface area contributed by atoms with Gasteiger partial charge in [-0.25, -0.2) is 9.69 Å². The van der Waals surface area contributed by atoms with E-state index in [1.165, 1.54) is 12.3 Å². The van der Waals surface area contributed by atoms with E-state index in [0.29, 0.717) is 11.4 Å². The van der Waals surface area contributed by atoms with Crippen LogP contribution in [0.5, 0.6) is 0 Å². The zero-order valence-corrected chi connectivity index (χ0v) is 14.1. The Morgan fingerprint density at radius 2 is 1.88 bits per heavy atom. The SMILES string of the molecule is CC(C)(C)OC(=O)Nc1cccc(N2C(=O)c3cccnc3C2=O)c1. The van der Waals surface area contributed by atoms with Crippen molar-refractivity contribution in [3.05, 3.63) is 53.9 Å². The molecule has 0 atom stereocenters. The van der Waals surface area contributed by atoms with Gasteiger partial charge in [0.15, 0.2) is 0 Å². The predicted octanol–water partition coefficient (Wildman–Crippen LogP) is 3.23. The first kappa shape index (κ1) is 16.6. The number of hydrogen-bond donors (Lipinski definition) is 1. The molecular formula is C18H17N3O4. The molecule has 25 heavy (non-hydrogen) atoms. The first-order valence-electron chi connectivity index (χ1n) is 7.70. The van der Waals surface area contributed by atoms with Crippen LogP contribution < -0.4 is 10.2 Å². The van der Waals surface area contributed by atoms with Crippen molar-refractivity contribution in [2.75, 3.05) is 10.2 Å². The Bertz CT molecular complexity index is 836. The minimum absolute atomic E-state index is 0.123. The highest BCUT2D eigenvalue weighted by Gasteiger charge is 2.37. The fourth-order valence-corrected chi connectivity index (χ4v) is 2.45. The van der Waals surface area contributed by atoms with Crippen molar-refractivity contribution in [1.82, 2.24) is 4.98 Å². The first-order valence-corrected chi connectivity index (χ1v) is 7.70. The number of carbonyl (C=O) groups excluding carboxylic acids is 3. The second-order valence-electron chi connectivity index (χ2n) is 6.52. The molecule has 1 aromatic heterocycles. The van der Waals surface area contributed by atoms with E-state index < -0.39 is 23.5 Å². The number of benzene rings is 1. The molecule has 2 aromatic rings. The van der Waals surface area contributed by atoms with E-state index in [1.54, 1.807) is 51.1 Å². The molecular weight excluding hydrogens is 322 g/mol. The zero-order chi connectivity index (χ0) is 18.2. The van der Waals surface area contributed by atoms with Crippen LogP contribution in [0, 0.1) is 0 Å². The van der Waals surface area contributed by atoms with Gasteiger partial charge >= 0.3 is 6.09 Å². The predicted molar refractivity (Wildman–Crippen MR) is 91.7 cm³/mol. The highest BCUT2D eigenvalue weighted by molar-refractivity contribution is 6.33. The quantitative estimate of drug-likeness (QED) is 0.849. The number of hydrogen-bond acceptors (Lipinski definition) is 5. The maximum Gasteiger partial charge on any atom is 0.412 e. The number of aromatic nitrogens is 1. The van der Waals surface area contributed by atoms with Crippen molar-refractivity contribution < 1.29 is 19.1 Å². The van der Waals surface area contributed by atoms with E-state index in [0.717, 1.165) is 4.90 Å². The molecule has 2 heterocycles. The lowest BCUT2D eigenvalue weighted by Crippen LogP contribution is -2.30. The third-order valence-electron chi connectivity index (χ3n) is 3.40. The Labute approximate surface area is 144 Å². The molecule has 1 aliphatic rings. The molecule has 0 bridgehead atoms. The van der Waals surface area contributed by atoms with Crippen LogP contribution in [0.1, 0.15) is 41.6 Å². The maximum absolute atomic E-state index is 12.5. The van der Waals surface area contributed by atoms with Gasteiger partial charge in [0, 0.05) is 11.9 Å². The second-order valence-corrected chi connectivity index (χ2v) is 6.52. The van der Waals surface area contributed by atoms with Crippen molar-refractivity contribution in [2.45, 2.75) is 26.4 Å². The molecule has 7 heteroatoms. The normalized spacial score (nSPS) is 13.6. The molecule has 1 aromatic carbocycles. The largest absolute Gasteiger partial charge is 0.444 e. The Kier molecular flexibility index (Phi) is 4.00. The zero-order valence-electron chi connectivity index (χ0n) is 14.1. The maximum atomic E-state index is 12.5. The van der Waals surface area contributed by atoms with Crippen molar-refractivity contribution in [3.8, 4) is 0 Å². The number of carbonyl (C=O) groups is 3. The number of nitrogens with zero attached hydrogens (tertiary/aromatic N) is 2. The molecule has 0 fully saturated rings. The van der Waals surface area contributed by atoms with Crippen LogP contribution in [0.25, 0.3) is 0 Å². The molecule has 0 radical (unpaired) electrons. The van der Waals surface area contributed by atoms with Crippen LogP contribution in [0.3, 0.4) is 0 Å². The van der Waals surface area contributed by atoms with E-state index in [9.17, 15) is 14.4 Å². The Hall–Kier alpha value is -3.22. The third kappa shape index (κ3) is 3.35. The summed E-state index contributed by atoms with van der Waals surface area (Å²) in [6.07, 6.45) is 0.849. The lowest BCUT2D eigenvalue weighted by atomic mass is 10.2. The second kappa shape index (κ2) is 6.01. The summed E-state index contributed by atoms with van der Waals surface area (Å²) in [4.78, 5) is 41.8. The van der Waals surface area contributed by atoms with Gasteiger partial charge in [0.25, 0.3) is 11.8 Å². The Morgan fingerprint density at radius 1 is 1.12 bits per heavy atom. The topological polar surface area (TPSA) is 88.6 Å². The minimum atomic E-state index is -0.629. The van der Waals surface area contributed by atoms with Crippen LogP contribution in [-0.2, 0) is 4.74 Å². The molecule has 0 aliphatic carbocycles. The molecule has 0 unspecified atom stereocenters. The summed E-state index contributed by atoms with van der Waals surface area (Å²) < 4.78 is 5.19. The smallest absolute Gasteiger partial charge is 0.412 e. The van der Waals surface area contributed by atoms with Gasteiger partial charge in [-0.3, -0.25) is 19.9 Å². The van der Waals surface area contributed by atoms with E-state index >= 15 is 0 Å². The average molecular weight is 339 g/mol. The molecule has 1 aliphatic heterocycles. The molecule has 7 nitrogen and oxygen atoms in total. The van der Waals surface area contributed by atoms with Crippen molar-refractivity contribution in [1.29, 1.82) is 0 Å².